The number of rotatable bonds is 6. The minimum atomic E-state index is 0.414. The van der Waals surface area contributed by atoms with Gasteiger partial charge >= 0.3 is 0 Å². The summed E-state index contributed by atoms with van der Waals surface area (Å²) in [5, 5.41) is 5.01. The molecule has 0 radical (unpaired) electrons. The highest BCUT2D eigenvalue weighted by Crippen LogP contribution is 2.34. The molecule has 1 atom stereocenters. The number of nitrogens with one attached hydrogen (secondary N) is 1. The number of hydrogen-bond donors (Lipinski definition) is 1. The van der Waals surface area contributed by atoms with Crippen LogP contribution in [0.25, 0.3) is 10.2 Å². The third-order valence-corrected chi connectivity index (χ3v) is 7.51. The first-order chi connectivity index (χ1) is 15.2. The van der Waals surface area contributed by atoms with Crippen LogP contribution in [-0.2, 0) is 17.8 Å². The number of anilines is 1. The molecule has 4 heterocycles. The maximum absolute atomic E-state index is 5.49. The highest BCUT2D eigenvalue weighted by Gasteiger charge is 2.25. The molecule has 5 rings (SSSR count). The number of nitrogens with zero attached hydrogens (tertiary/aromatic N) is 4. The van der Waals surface area contributed by atoms with Crippen LogP contribution in [0.15, 0.2) is 30.3 Å². The van der Waals surface area contributed by atoms with Gasteiger partial charge in [-0.05, 0) is 31.4 Å². The number of hydrogen-bond acceptors (Lipinski definition) is 7. The third kappa shape index (κ3) is 4.75. The van der Waals surface area contributed by atoms with E-state index in [4.69, 9.17) is 14.7 Å². The van der Waals surface area contributed by atoms with Gasteiger partial charge in [-0.2, -0.15) is 0 Å². The summed E-state index contributed by atoms with van der Waals surface area (Å²) in [6.45, 7) is 11.8. The number of aromatic nitrogens is 2. The molecule has 3 aromatic rings. The average molecular weight is 438 g/mol. The van der Waals surface area contributed by atoms with Crippen molar-refractivity contribution < 1.29 is 4.74 Å². The monoisotopic (exact) mass is 437 g/mol. The lowest BCUT2D eigenvalue weighted by Gasteiger charge is -2.26. The Morgan fingerprint density at radius 1 is 1.03 bits per heavy atom. The summed E-state index contributed by atoms with van der Waals surface area (Å²) in [6.07, 6.45) is 1.14. The van der Waals surface area contributed by atoms with Crippen molar-refractivity contribution in [2.45, 2.75) is 39.4 Å². The number of benzene rings is 1. The molecule has 0 saturated carbocycles. The van der Waals surface area contributed by atoms with Gasteiger partial charge in [0.25, 0.3) is 0 Å². The van der Waals surface area contributed by atoms with Crippen LogP contribution in [0.1, 0.15) is 28.2 Å². The number of thiophene rings is 1. The van der Waals surface area contributed by atoms with Crippen molar-refractivity contribution in [3.05, 3.63) is 52.2 Å². The predicted octanol–water partition coefficient (Wildman–Crippen LogP) is 3.83. The fourth-order valence-corrected chi connectivity index (χ4v) is 5.61. The van der Waals surface area contributed by atoms with Crippen molar-refractivity contribution in [2.24, 2.45) is 0 Å². The minimum absolute atomic E-state index is 0.414. The first-order valence-electron chi connectivity index (χ1n) is 11.3. The Morgan fingerprint density at radius 3 is 2.65 bits per heavy atom. The van der Waals surface area contributed by atoms with Gasteiger partial charge in [0, 0.05) is 43.6 Å². The number of likely N-dealkylation sites (tertiary alicyclic amines) is 1. The van der Waals surface area contributed by atoms with Gasteiger partial charge in [0.05, 0.1) is 25.1 Å². The van der Waals surface area contributed by atoms with Crippen LogP contribution in [0.5, 0.6) is 0 Å². The molecule has 6 nitrogen and oxygen atoms in total. The van der Waals surface area contributed by atoms with Gasteiger partial charge in [-0.15, -0.1) is 11.3 Å². The topological polar surface area (TPSA) is 53.5 Å². The Labute approximate surface area is 188 Å². The van der Waals surface area contributed by atoms with Gasteiger partial charge in [0.1, 0.15) is 16.5 Å². The molecule has 1 aromatic carbocycles. The SMILES string of the molecule is Cc1sc2nc(CN3CCOCC3)nc(NC3CCN(Cc4ccccc4)C3)c2c1C. The second-order valence-electron chi connectivity index (χ2n) is 8.69. The van der Waals surface area contributed by atoms with E-state index >= 15 is 0 Å². The van der Waals surface area contributed by atoms with Crippen molar-refractivity contribution in [3.63, 3.8) is 0 Å². The lowest BCUT2D eigenvalue weighted by Crippen LogP contribution is -2.36. The second-order valence-corrected chi connectivity index (χ2v) is 9.89. The van der Waals surface area contributed by atoms with Crippen LogP contribution < -0.4 is 5.32 Å². The number of morpholine rings is 1. The van der Waals surface area contributed by atoms with Gasteiger partial charge in [-0.25, -0.2) is 9.97 Å². The molecule has 2 aliphatic rings. The quantitative estimate of drug-likeness (QED) is 0.633. The van der Waals surface area contributed by atoms with Gasteiger partial charge in [0.15, 0.2) is 0 Å². The van der Waals surface area contributed by atoms with E-state index in [9.17, 15) is 0 Å². The fourth-order valence-electron chi connectivity index (χ4n) is 4.56. The molecule has 0 bridgehead atoms. The molecule has 0 amide bonds. The number of aryl methyl sites for hydroxylation is 2. The molecule has 2 saturated heterocycles. The van der Waals surface area contributed by atoms with Crippen LogP contribution >= 0.6 is 11.3 Å². The highest BCUT2D eigenvalue weighted by molar-refractivity contribution is 7.18. The Hall–Kier alpha value is -2.06. The molecular formula is C24H31N5OS. The summed E-state index contributed by atoms with van der Waals surface area (Å²) >= 11 is 1.78. The summed E-state index contributed by atoms with van der Waals surface area (Å²) in [5.74, 6) is 1.93. The highest BCUT2D eigenvalue weighted by atomic mass is 32.1. The molecule has 164 valence electrons. The van der Waals surface area contributed by atoms with E-state index in [0.717, 1.165) is 75.4 Å². The minimum Gasteiger partial charge on any atom is -0.379 e. The molecule has 1 unspecified atom stereocenters. The number of fused-ring (bicyclic) bond motifs is 1. The summed E-state index contributed by atoms with van der Waals surface area (Å²) in [5.41, 5.74) is 2.68. The zero-order chi connectivity index (χ0) is 21.2. The van der Waals surface area contributed by atoms with Crippen LogP contribution in [0.2, 0.25) is 0 Å². The molecule has 2 aliphatic heterocycles. The van der Waals surface area contributed by atoms with Crippen LogP contribution in [-0.4, -0.2) is 65.2 Å². The lowest BCUT2D eigenvalue weighted by molar-refractivity contribution is 0.0331. The Balaban J connectivity index is 1.34. The van der Waals surface area contributed by atoms with E-state index in [0.29, 0.717) is 6.04 Å². The van der Waals surface area contributed by atoms with Crippen molar-refractivity contribution in [1.82, 2.24) is 19.8 Å². The first kappa shape index (κ1) is 20.8. The molecule has 31 heavy (non-hydrogen) atoms. The van der Waals surface area contributed by atoms with Crippen molar-refractivity contribution in [1.29, 1.82) is 0 Å². The largest absolute Gasteiger partial charge is 0.379 e. The van der Waals surface area contributed by atoms with Crippen molar-refractivity contribution >= 4 is 27.4 Å². The van der Waals surface area contributed by atoms with E-state index in [2.05, 4.69) is 59.3 Å². The third-order valence-electron chi connectivity index (χ3n) is 6.41. The van der Waals surface area contributed by atoms with E-state index in [1.807, 2.05) is 0 Å². The van der Waals surface area contributed by atoms with E-state index < -0.39 is 0 Å². The maximum Gasteiger partial charge on any atom is 0.146 e. The molecule has 2 fully saturated rings. The van der Waals surface area contributed by atoms with E-state index in [-0.39, 0.29) is 0 Å². The van der Waals surface area contributed by atoms with Crippen LogP contribution in [0.3, 0.4) is 0 Å². The molecule has 2 aromatic heterocycles. The lowest BCUT2D eigenvalue weighted by atomic mass is 10.2. The Kier molecular flexibility index (Phi) is 6.18. The molecular weight excluding hydrogens is 406 g/mol. The summed E-state index contributed by atoms with van der Waals surface area (Å²) in [6, 6.07) is 11.2. The van der Waals surface area contributed by atoms with Crippen molar-refractivity contribution in [2.75, 3.05) is 44.7 Å². The Bertz CT molecular complexity index is 1030. The van der Waals surface area contributed by atoms with Gasteiger partial charge in [-0.3, -0.25) is 9.80 Å². The zero-order valence-corrected chi connectivity index (χ0v) is 19.2. The Morgan fingerprint density at radius 2 is 1.84 bits per heavy atom. The van der Waals surface area contributed by atoms with Crippen molar-refractivity contribution in [3.8, 4) is 0 Å². The van der Waals surface area contributed by atoms with Gasteiger partial charge < -0.3 is 10.1 Å². The molecule has 0 spiro atoms. The zero-order valence-electron chi connectivity index (χ0n) is 18.4. The molecule has 0 aliphatic carbocycles. The normalized spacial score (nSPS) is 20.5. The second kappa shape index (κ2) is 9.20. The fraction of sp³-hybridized carbons (Fsp3) is 0.500. The molecule has 1 N–H and O–H groups in total. The number of ether oxygens (including phenoxy) is 1. The van der Waals surface area contributed by atoms with Crippen LogP contribution in [0, 0.1) is 13.8 Å². The average Bonchev–Trinajstić information content (AvgIpc) is 3.33. The first-order valence-corrected chi connectivity index (χ1v) is 12.1. The smallest absolute Gasteiger partial charge is 0.146 e. The maximum atomic E-state index is 5.49. The van der Waals surface area contributed by atoms with Gasteiger partial charge in [-0.1, -0.05) is 30.3 Å². The summed E-state index contributed by atoms with van der Waals surface area (Å²) in [7, 11) is 0. The summed E-state index contributed by atoms with van der Waals surface area (Å²) in [4.78, 5) is 17.3. The summed E-state index contributed by atoms with van der Waals surface area (Å²) < 4.78 is 5.49. The van der Waals surface area contributed by atoms with Crippen LogP contribution in [0.4, 0.5) is 5.82 Å². The van der Waals surface area contributed by atoms with Gasteiger partial charge in [0.2, 0.25) is 0 Å². The standard InChI is InChI=1S/C24H31N5OS/c1-17-18(2)31-24-22(17)23(26-21(27-24)16-28-10-12-30-13-11-28)25-20-8-9-29(15-20)14-19-6-4-3-5-7-19/h3-7,20H,8-16H2,1-2H3,(H,25,26,27). The predicted molar refractivity (Wildman–Crippen MR) is 127 cm³/mol. The van der Waals surface area contributed by atoms with E-state index in [1.165, 1.54) is 21.4 Å². The molecule has 7 heteroatoms. The van der Waals surface area contributed by atoms with E-state index in [1.54, 1.807) is 11.3 Å².